The molecule has 0 amide bonds. The summed E-state index contributed by atoms with van der Waals surface area (Å²) in [5.41, 5.74) is -0.753. The highest BCUT2D eigenvalue weighted by Gasteiger charge is 2.44. The molecule has 1 N–H and O–H groups in total. The minimum atomic E-state index is -1.26. The molecule has 0 unspecified atom stereocenters. The van der Waals surface area contributed by atoms with Gasteiger partial charge in [-0.15, -0.1) is 0 Å². The molecule has 0 aliphatic rings. The lowest BCUT2D eigenvalue weighted by Crippen LogP contribution is -2.45. The number of rotatable bonds is 7. The molecule has 2 aromatic rings. The molecule has 132 valence electrons. The largest absolute Gasteiger partial charge is 0.466 e. The zero-order valence-electron chi connectivity index (χ0n) is 14.3. The molecule has 2 atom stereocenters. The number of esters is 1. The van der Waals surface area contributed by atoms with Crippen LogP contribution in [0.3, 0.4) is 0 Å². The number of aliphatic hydroxyl groups excluding tert-OH is 1. The smallest absolute Gasteiger partial charge is 0.314 e. The Labute approximate surface area is 145 Å². The lowest BCUT2D eigenvalue weighted by molar-refractivity contribution is -0.168. The average Bonchev–Trinajstić information content (AvgIpc) is 3.14. The van der Waals surface area contributed by atoms with Crippen LogP contribution in [0.2, 0.25) is 0 Å². The minimum Gasteiger partial charge on any atom is -0.466 e. The second-order valence-corrected chi connectivity index (χ2v) is 5.91. The number of hydrogen-bond acceptors (Lipinski definition) is 7. The summed E-state index contributed by atoms with van der Waals surface area (Å²) < 4.78 is 12.2. The maximum atomic E-state index is 12.2. The molecule has 1 aromatic heterocycles. The number of carbonyl (C=O) groups is 1. The summed E-state index contributed by atoms with van der Waals surface area (Å²) in [7, 11) is 0. The SMILES string of the molecule is CCOC(=O)C(C)(C)[C@H](O)[C@H](Oc1ccc(C#N)cc1)n1cncn1. The summed E-state index contributed by atoms with van der Waals surface area (Å²) in [6.07, 6.45) is 0.427. The van der Waals surface area contributed by atoms with Crippen LogP contribution < -0.4 is 4.74 Å². The van der Waals surface area contributed by atoms with Crippen LogP contribution in [-0.2, 0) is 9.53 Å². The summed E-state index contributed by atoms with van der Waals surface area (Å²) in [5.74, 6) is -0.130. The monoisotopic (exact) mass is 344 g/mol. The molecule has 0 aliphatic heterocycles. The second kappa shape index (κ2) is 7.77. The zero-order valence-corrected chi connectivity index (χ0v) is 14.3. The van der Waals surface area contributed by atoms with Crippen molar-refractivity contribution in [2.75, 3.05) is 6.61 Å². The van der Waals surface area contributed by atoms with E-state index in [0.717, 1.165) is 0 Å². The van der Waals surface area contributed by atoms with Gasteiger partial charge in [-0.3, -0.25) is 4.79 Å². The summed E-state index contributed by atoms with van der Waals surface area (Å²) in [6.45, 7) is 5.05. The average molecular weight is 344 g/mol. The van der Waals surface area contributed by atoms with Crippen molar-refractivity contribution in [2.45, 2.75) is 33.1 Å². The maximum absolute atomic E-state index is 12.2. The van der Waals surface area contributed by atoms with Crippen molar-refractivity contribution in [1.29, 1.82) is 5.26 Å². The summed E-state index contributed by atoms with van der Waals surface area (Å²) in [6, 6.07) is 8.41. The van der Waals surface area contributed by atoms with Crippen molar-refractivity contribution in [3.63, 3.8) is 0 Å². The quantitative estimate of drug-likeness (QED) is 0.761. The van der Waals surface area contributed by atoms with E-state index < -0.39 is 23.7 Å². The maximum Gasteiger partial charge on any atom is 0.314 e. The Balaban J connectivity index is 2.29. The Morgan fingerprint density at radius 3 is 2.60 bits per heavy atom. The van der Waals surface area contributed by atoms with Gasteiger partial charge in [0.05, 0.1) is 23.7 Å². The Bertz CT molecular complexity index is 735. The fraction of sp³-hybridized carbons (Fsp3) is 0.412. The standard InChI is InChI=1S/C17H20N4O4/c1-4-24-16(23)17(2,3)14(22)15(21-11-19-10-20-21)25-13-7-5-12(9-18)6-8-13/h5-8,10-11,14-15,22H,4H2,1-3H3/t14-,15+/m1/s1. The van der Waals surface area contributed by atoms with Crippen molar-refractivity contribution in [1.82, 2.24) is 14.8 Å². The van der Waals surface area contributed by atoms with E-state index in [2.05, 4.69) is 10.1 Å². The molecule has 1 heterocycles. The zero-order chi connectivity index (χ0) is 18.4. The topological polar surface area (TPSA) is 110 Å². The van der Waals surface area contributed by atoms with Crippen LogP contribution in [0.1, 0.15) is 32.6 Å². The van der Waals surface area contributed by atoms with E-state index in [9.17, 15) is 9.90 Å². The third kappa shape index (κ3) is 4.14. The van der Waals surface area contributed by atoms with Crippen molar-refractivity contribution >= 4 is 5.97 Å². The van der Waals surface area contributed by atoms with Crippen LogP contribution >= 0.6 is 0 Å². The molecule has 1 aromatic carbocycles. The molecule has 0 bridgehead atoms. The molecule has 8 heteroatoms. The molecule has 0 spiro atoms. The van der Waals surface area contributed by atoms with Gasteiger partial charge in [0, 0.05) is 0 Å². The van der Waals surface area contributed by atoms with Gasteiger partial charge in [0.2, 0.25) is 6.23 Å². The van der Waals surface area contributed by atoms with Gasteiger partial charge in [-0.25, -0.2) is 9.67 Å². The van der Waals surface area contributed by atoms with Crippen LogP contribution in [0.25, 0.3) is 0 Å². The molecule has 0 saturated carbocycles. The molecule has 0 fully saturated rings. The number of nitriles is 1. The Kier molecular flexibility index (Phi) is 5.72. The van der Waals surface area contributed by atoms with Crippen molar-refractivity contribution in [2.24, 2.45) is 5.41 Å². The lowest BCUT2D eigenvalue weighted by atomic mass is 9.85. The Morgan fingerprint density at radius 1 is 1.40 bits per heavy atom. The fourth-order valence-electron chi connectivity index (χ4n) is 2.15. The van der Waals surface area contributed by atoms with Crippen molar-refractivity contribution in [3.05, 3.63) is 42.5 Å². The van der Waals surface area contributed by atoms with E-state index >= 15 is 0 Å². The van der Waals surface area contributed by atoms with Gasteiger partial charge in [-0.2, -0.15) is 10.4 Å². The highest BCUT2D eigenvalue weighted by molar-refractivity contribution is 5.76. The third-order valence-electron chi connectivity index (χ3n) is 3.75. The molecular formula is C17H20N4O4. The number of nitrogens with zero attached hydrogens (tertiary/aromatic N) is 4. The molecule has 25 heavy (non-hydrogen) atoms. The van der Waals surface area contributed by atoms with Gasteiger partial charge in [-0.1, -0.05) is 0 Å². The second-order valence-electron chi connectivity index (χ2n) is 5.91. The van der Waals surface area contributed by atoms with Gasteiger partial charge < -0.3 is 14.6 Å². The number of hydrogen-bond donors (Lipinski definition) is 1. The van der Waals surface area contributed by atoms with Crippen LogP contribution in [-0.4, -0.2) is 38.6 Å². The van der Waals surface area contributed by atoms with Gasteiger partial charge in [0.25, 0.3) is 0 Å². The summed E-state index contributed by atoms with van der Waals surface area (Å²) in [5, 5.41) is 23.7. The van der Waals surface area contributed by atoms with Crippen molar-refractivity contribution in [3.8, 4) is 11.8 Å². The third-order valence-corrected chi connectivity index (χ3v) is 3.75. The molecule has 0 radical (unpaired) electrons. The Morgan fingerprint density at radius 2 is 2.08 bits per heavy atom. The highest BCUT2D eigenvalue weighted by atomic mass is 16.5. The summed E-state index contributed by atoms with van der Waals surface area (Å²) >= 11 is 0. The molecule has 0 saturated heterocycles. The predicted molar refractivity (Wildman–Crippen MR) is 87.3 cm³/mol. The van der Waals surface area contributed by atoms with Gasteiger partial charge in [-0.05, 0) is 45.0 Å². The van der Waals surface area contributed by atoms with E-state index in [1.54, 1.807) is 45.0 Å². The fourth-order valence-corrected chi connectivity index (χ4v) is 2.15. The van der Waals surface area contributed by atoms with Crippen molar-refractivity contribution < 1.29 is 19.4 Å². The van der Waals surface area contributed by atoms with Crippen LogP contribution in [0, 0.1) is 16.7 Å². The number of aliphatic hydroxyl groups is 1. The van der Waals surface area contributed by atoms with Gasteiger partial charge >= 0.3 is 5.97 Å². The van der Waals surface area contributed by atoms with Crippen LogP contribution in [0.5, 0.6) is 5.75 Å². The first-order valence-corrected chi connectivity index (χ1v) is 7.76. The van der Waals surface area contributed by atoms with E-state index in [1.165, 1.54) is 17.3 Å². The minimum absolute atomic E-state index is 0.208. The van der Waals surface area contributed by atoms with E-state index in [0.29, 0.717) is 11.3 Å². The normalized spacial score (nSPS) is 13.6. The van der Waals surface area contributed by atoms with Gasteiger partial charge in [0.15, 0.2) is 0 Å². The number of carbonyl (C=O) groups excluding carboxylic acids is 1. The molecule has 0 aliphatic carbocycles. The molecule has 8 nitrogen and oxygen atoms in total. The molecule has 2 rings (SSSR count). The van der Waals surface area contributed by atoms with Crippen LogP contribution in [0.15, 0.2) is 36.9 Å². The first kappa shape index (κ1) is 18.4. The van der Waals surface area contributed by atoms with E-state index in [4.69, 9.17) is 14.7 Å². The van der Waals surface area contributed by atoms with Crippen LogP contribution in [0.4, 0.5) is 0 Å². The van der Waals surface area contributed by atoms with Gasteiger partial charge in [0.1, 0.15) is 24.5 Å². The Hall–Kier alpha value is -2.92. The number of aromatic nitrogens is 3. The first-order valence-electron chi connectivity index (χ1n) is 7.76. The summed E-state index contributed by atoms with van der Waals surface area (Å²) in [4.78, 5) is 16.1. The first-order chi connectivity index (χ1) is 11.9. The van der Waals surface area contributed by atoms with E-state index in [-0.39, 0.29) is 6.61 Å². The van der Waals surface area contributed by atoms with E-state index in [1.807, 2.05) is 6.07 Å². The number of ether oxygens (including phenoxy) is 2. The predicted octanol–water partition coefficient (Wildman–Crippen LogP) is 1.68. The molecular weight excluding hydrogens is 324 g/mol. The lowest BCUT2D eigenvalue weighted by Gasteiger charge is -2.33. The highest BCUT2D eigenvalue weighted by Crippen LogP contribution is 2.32. The number of benzene rings is 1.